The Labute approximate surface area is 68.1 Å². The highest BCUT2D eigenvalue weighted by Crippen LogP contribution is 1.94. The predicted octanol–water partition coefficient (Wildman–Crippen LogP) is 1.85. The Hall–Kier alpha value is -1.05. The Kier molecular flexibility index (Phi) is 4.27. The molecular weight excluding hydrogens is 138 g/mol. The van der Waals surface area contributed by atoms with Crippen molar-refractivity contribution in [1.82, 2.24) is 0 Å². The van der Waals surface area contributed by atoms with Crippen molar-refractivity contribution in [3.05, 3.63) is 29.6 Å². The minimum Gasteiger partial charge on any atom is -0.285 e. The van der Waals surface area contributed by atoms with Crippen molar-refractivity contribution in [3.63, 3.8) is 0 Å². The van der Waals surface area contributed by atoms with Crippen molar-refractivity contribution in [2.75, 3.05) is 0 Å². The number of nitrogens with zero attached hydrogens (tertiary/aromatic N) is 1. The SMILES string of the molecule is CC.Cc1cc[n+](O)c(C)c1. The molecule has 0 aromatic carbocycles. The first-order valence-corrected chi connectivity index (χ1v) is 3.88. The van der Waals surface area contributed by atoms with Gasteiger partial charge in [0, 0.05) is 23.8 Å². The van der Waals surface area contributed by atoms with Gasteiger partial charge in [-0.05, 0) is 12.5 Å². The molecular formula is C9H16NO+. The molecule has 1 rings (SSSR count). The first kappa shape index (κ1) is 9.95. The van der Waals surface area contributed by atoms with Gasteiger partial charge in [-0.15, -0.1) is 0 Å². The summed E-state index contributed by atoms with van der Waals surface area (Å²) in [5.74, 6) is 0. The second-order valence-electron chi connectivity index (χ2n) is 2.19. The predicted molar refractivity (Wildman–Crippen MR) is 44.6 cm³/mol. The van der Waals surface area contributed by atoms with Crippen molar-refractivity contribution < 1.29 is 9.94 Å². The van der Waals surface area contributed by atoms with Gasteiger partial charge in [0.1, 0.15) is 0 Å². The van der Waals surface area contributed by atoms with Crippen LogP contribution < -0.4 is 4.73 Å². The molecule has 0 saturated heterocycles. The summed E-state index contributed by atoms with van der Waals surface area (Å²) in [6.45, 7) is 7.85. The molecule has 0 fully saturated rings. The summed E-state index contributed by atoms with van der Waals surface area (Å²) in [4.78, 5) is 0. The maximum atomic E-state index is 8.96. The Bertz CT molecular complexity index is 221. The Morgan fingerprint density at radius 3 is 2.18 bits per heavy atom. The van der Waals surface area contributed by atoms with Gasteiger partial charge in [0.15, 0.2) is 0 Å². The van der Waals surface area contributed by atoms with Crippen LogP contribution in [0.5, 0.6) is 0 Å². The van der Waals surface area contributed by atoms with Crippen molar-refractivity contribution in [2.24, 2.45) is 0 Å². The zero-order valence-electron chi connectivity index (χ0n) is 7.63. The van der Waals surface area contributed by atoms with Crippen LogP contribution in [0.1, 0.15) is 25.1 Å². The molecule has 0 aliphatic carbocycles. The summed E-state index contributed by atoms with van der Waals surface area (Å²) in [5.41, 5.74) is 2.02. The molecule has 1 N–H and O–H groups in total. The molecule has 1 aromatic rings. The highest BCUT2D eigenvalue weighted by molar-refractivity contribution is 5.08. The van der Waals surface area contributed by atoms with Crippen LogP contribution >= 0.6 is 0 Å². The van der Waals surface area contributed by atoms with Gasteiger partial charge in [0.05, 0.1) is 0 Å². The van der Waals surface area contributed by atoms with Crippen molar-refractivity contribution in [1.29, 1.82) is 0 Å². The van der Waals surface area contributed by atoms with Crippen LogP contribution in [0, 0.1) is 13.8 Å². The molecule has 2 heteroatoms. The fraction of sp³-hybridized carbons (Fsp3) is 0.444. The molecule has 62 valence electrons. The number of pyridine rings is 1. The van der Waals surface area contributed by atoms with Gasteiger partial charge in [-0.3, -0.25) is 5.21 Å². The van der Waals surface area contributed by atoms with E-state index in [2.05, 4.69) is 0 Å². The topological polar surface area (TPSA) is 24.1 Å². The number of aryl methyl sites for hydroxylation is 2. The average Bonchev–Trinajstić information content (AvgIpc) is 2.02. The van der Waals surface area contributed by atoms with E-state index >= 15 is 0 Å². The van der Waals surface area contributed by atoms with E-state index in [1.807, 2.05) is 39.8 Å². The summed E-state index contributed by atoms with van der Waals surface area (Å²) in [6, 6.07) is 3.77. The molecule has 11 heavy (non-hydrogen) atoms. The molecule has 0 bridgehead atoms. The van der Waals surface area contributed by atoms with E-state index < -0.39 is 0 Å². The molecule has 0 radical (unpaired) electrons. The fourth-order valence-electron chi connectivity index (χ4n) is 0.749. The summed E-state index contributed by atoms with van der Waals surface area (Å²) in [6.07, 6.45) is 1.63. The second kappa shape index (κ2) is 4.72. The van der Waals surface area contributed by atoms with E-state index in [0.717, 1.165) is 16.0 Å². The number of rotatable bonds is 0. The minimum absolute atomic E-state index is 0.856. The molecule has 0 saturated carbocycles. The zero-order valence-corrected chi connectivity index (χ0v) is 7.63. The van der Waals surface area contributed by atoms with Gasteiger partial charge < -0.3 is 0 Å². The normalized spacial score (nSPS) is 8.36. The smallest absolute Gasteiger partial charge is 0.231 e. The monoisotopic (exact) mass is 154 g/mol. The van der Waals surface area contributed by atoms with Gasteiger partial charge in [0.25, 0.3) is 0 Å². The lowest BCUT2D eigenvalue weighted by molar-refractivity contribution is -0.908. The Balaban J connectivity index is 0.000000461. The van der Waals surface area contributed by atoms with E-state index in [4.69, 9.17) is 5.21 Å². The molecule has 1 aromatic heterocycles. The molecule has 0 aliphatic heterocycles. The highest BCUT2D eigenvalue weighted by atomic mass is 16.5. The molecule has 0 amide bonds. The molecule has 0 unspecified atom stereocenters. The number of hydrogen-bond acceptors (Lipinski definition) is 1. The second-order valence-corrected chi connectivity index (χ2v) is 2.19. The lowest BCUT2D eigenvalue weighted by atomic mass is 10.3. The first-order chi connectivity index (χ1) is 5.20. The first-order valence-electron chi connectivity index (χ1n) is 3.88. The Morgan fingerprint density at radius 1 is 1.27 bits per heavy atom. The average molecular weight is 154 g/mol. The van der Waals surface area contributed by atoms with Gasteiger partial charge in [-0.2, -0.15) is 0 Å². The summed E-state index contributed by atoms with van der Waals surface area (Å²) < 4.78 is 1.10. The van der Waals surface area contributed by atoms with Crippen LogP contribution in [0.25, 0.3) is 0 Å². The largest absolute Gasteiger partial charge is 0.285 e. The standard InChI is InChI=1S/C7H10NO.C2H6/c1-6-3-4-8(9)7(2)5-6;1-2/h3-5,9H,1-2H3;1-2H3/q+1;. The summed E-state index contributed by atoms with van der Waals surface area (Å²) in [5, 5.41) is 8.96. The van der Waals surface area contributed by atoms with E-state index in [0.29, 0.717) is 0 Å². The van der Waals surface area contributed by atoms with Gasteiger partial charge in [-0.25, -0.2) is 0 Å². The third-order valence-corrected chi connectivity index (χ3v) is 1.28. The quantitative estimate of drug-likeness (QED) is 0.447. The molecule has 2 nitrogen and oxygen atoms in total. The molecule has 0 atom stereocenters. The highest BCUT2D eigenvalue weighted by Gasteiger charge is 2.00. The lowest BCUT2D eigenvalue weighted by Crippen LogP contribution is -2.32. The minimum atomic E-state index is 0.856. The van der Waals surface area contributed by atoms with Crippen LogP contribution in [0.2, 0.25) is 0 Å². The summed E-state index contributed by atoms with van der Waals surface area (Å²) >= 11 is 0. The number of aromatic nitrogens is 1. The fourth-order valence-corrected chi connectivity index (χ4v) is 0.749. The lowest BCUT2D eigenvalue weighted by Gasteiger charge is -1.89. The van der Waals surface area contributed by atoms with Crippen LogP contribution in [0.3, 0.4) is 0 Å². The maximum Gasteiger partial charge on any atom is 0.231 e. The third kappa shape index (κ3) is 3.03. The van der Waals surface area contributed by atoms with Gasteiger partial charge in [0.2, 0.25) is 11.9 Å². The maximum absolute atomic E-state index is 8.96. The Morgan fingerprint density at radius 2 is 1.82 bits per heavy atom. The summed E-state index contributed by atoms with van der Waals surface area (Å²) in [7, 11) is 0. The van der Waals surface area contributed by atoms with Crippen LogP contribution in [0.15, 0.2) is 18.3 Å². The molecule has 0 aliphatic rings. The van der Waals surface area contributed by atoms with Crippen LogP contribution in [-0.4, -0.2) is 5.21 Å². The van der Waals surface area contributed by atoms with Crippen molar-refractivity contribution >= 4 is 0 Å². The van der Waals surface area contributed by atoms with Gasteiger partial charge in [-0.1, -0.05) is 13.8 Å². The zero-order chi connectivity index (χ0) is 8.85. The van der Waals surface area contributed by atoms with Gasteiger partial charge >= 0.3 is 0 Å². The molecule has 1 heterocycles. The number of hydrogen-bond donors (Lipinski definition) is 1. The van der Waals surface area contributed by atoms with Crippen molar-refractivity contribution in [3.8, 4) is 0 Å². The van der Waals surface area contributed by atoms with E-state index in [9.17, 15) is 0 Å². The van der Waals surface area contributed by atoms with Crippen molar-refractivity contribution in [2.45, 2.75) is 27.7 Å². The van der Waals surface area contributed by atoms with E-state index in [-0.39, 0.29) is 0 Å². The van der Waals surface area contributed by atoms with E-state index in [1.54, 1.807) is 6.20 Å². The third-order valence-electron chi connectivity index (χ3n) is 1.28. The van der Waals surface area contributed by atoms with E-state index in [1.165, 1.54) is 0 Å². The van der Waals surface area contributed by atoms with Crippen LogP contribution in [0.4, 0.5) is 0 Å². The van der Waals surface area contributed by atoms with Crippen LogP contribution in [-0.2, 0) is 0 Å². The molecule has 0 spiro atoms.